The first-order valence-corrected chi connectivity index (χ1v) is 7.99. The molecule has 5 nitrogen and oxygen atoms in total. The highest BCUT2D eigenvalue weighted by molar-refractivity contribution is 5.89. The maximum Gasteiger partial charge on any atom is 0.400 e. The molecule has 0 aliphatic carbocycles. The number of ether oxygens (including phenoxy) is 1. The fraction of sp³-hybridized carbons (Fsp3) is 0.529. The lowest BCUT2D eigenvalue weighted by molar-refractivity contribution is -0.287. The minimum atomic E-state index is -5.66. The van der Waals surface area contributed by atoms with Crippen LogP contribution in [0.2, 0.25) is 0 Å². The number of rotatable bonds is 6. The van der Waals surface area contributed by atoms with Gasteiger partial charge in [0.05, 0.1) is 5.56 Å². The summed E-state index contributed by atoms with van der Waals surface area (Å²) in [5, 5.41) is 0. The van der Waals surface area contributed by atoms with Gasteiger partial charge in [0, 0.05) is 0 Å². The summed E-state index contributed by atoms with van der Waals surface area (Å²) < 4.78 is 81.8. The van der Waals surface area contributed by atoms with Gasteiger partial charge in [0.2, 0.25) is 0 Å². The van der Waals surface area contributed by atoms with E-state index < -0.39 is 48.3 Å². The first kappa shape index (κ1) is 23.7. The topological polar surface area (TPSA) is 64.6 Å². The Hall–Kier alpha value is -2.30. The van der Waals surface area contributed by atoms with E-state index in [0.717, 1.165) is 0 Å². The standard InChI is InChI=1S/C17H19F6NO4/c1-15(2,3)27-14(26)11(9-12(16(18,19)20)17(21,22)23)24-28-13(25)10-7-5-4-6-8-10/h4-8,11-12,24H,9H2,1-3H3/t11-/m0/s1. The van der Waals surface area contributed by atoms with Gasteiger partial charge in [-0.1, -0.05) is 18.2 Å². The van der Waals surface area contributed by atoms with Gasteiger partial charge in [0.1, 0.15) is 11.6 Å². The highest BCUT2D eigenvalue weighted by Gasteiger charge is 2.57. The monoisotopic (exact) mass is 415 g/mol. The zero-order valence-corrected chi connectivity index (χ0v) is 15.1. The Balaban J connectivity index is 3.01. The average Bonchev–Trinajstić information content (AvgIpc) is 2.51. The van der Waals surface area contributed by atoms with Crippen molar-refractivity contribution in [2.45, 2.75) is 51.2 Å². The molecule has 1 rings (SSSR count). The van der Waals surface area contributed by atoms with E-state index in [1.807, 2.05) is 0 Å². The molecule has 28 heavy (non-hydrogen) atoms. The van der Waals surface area contributed by atoms with Crippen molar-refractivity contribution in [3.05, 3.63) is 35.9 Å². The van der Waals surface area contributed by atoms with Crippen LogP contribution in [0.15, 0.2) is 30.3 Å². The second kappa shape index (κ2) is 8.80. The molecule has 0 saturated heterocycles. The molecule has 0 bridgehead atoms. The lowest BCUT2D eigenvalue weighted by atomic mass is 9.98. The van der Waals surface area contributed by atoms with E-state index in [1.165, 1.54) is 45.0 Å². The quantitative estimate of drug-likeness (QED) is 0.429. The number of benzene rings is 1. The van der Waals surface area contributed by atoms with Crippen LogP contribution in [-0.2, 0) is 14.4 Å². The van der Waals surface area contributed by atoms with E-state index in [2.05, 4.69) is 4.84 Å². The van der Waals surface area contributed by atoms with Crippen LogP contribution in [0.1, 0.15) is 37.6 Å². The van der Waals surface area contributed by atoms with E-state index in [9.17, 15) is 35.9 Å². The lowest BCUT2D eigenvalue weighted by Crippen LogP contribution is -2.48. The smallest absolute Gasteiger partial charge is 0.400 e. The van der Waals surface area contributed by atoms with Crippen molar-refractivity contribution in [1.82, 2.24) is 5.48 Å². The van der Waals surface area contributed by atoms with Gasteiger partial charge < -0.3 is 9.57 Å². The Bertz CT molecular complexity index is 653. The molecule has 0 unspecified atom stereocenters. The molecule has 1 aromatic carbocycles. The van der Waals surface area contributed by atoms with Crippen LogP contribution in [-0.4, -0.2) is 35.9 Å². The van der Waals surface area contributed by atoms with Crippen LogP contribution in [0.5, 0.6) is 0 Å². The normalized spacial score (nSPS) is 13.9. The SMILES string of the molecule is CC(C)(C)OC(=O)[C@H](CC(C(F)(F)F)C(F)(F)F)NOC(=O)c1ccccc1. The van der Waals surface area contributed by atoms with Crippen LogP contribution < -0.4 is 5.48 Å². The maximum absolute atomic E-state index is 12.8. The molecule has 0 aliphatic rings. The Kier molecular flexibility index (Phi) is 7.46. The number of halogens is 6. The molecule has 0 spiro atoms. The Morgan fingerprint density at radius 1 is 0.964 bits per heavy atom. The molecule has 1 atom stereocenters. The maximum atomic E-state index is 12.8. The summed E-state index contributed by atoms with van der Waals surface area (Å²) in [4.78, 5) is 28.5. The van der Waals surface area contributed by atoms with Crippen molar-refractivity contribution < 1.29 is 45.5 Å². The third-order valence-electron chi connectivity index (χ3n) is 3.26. The number of carbonyl (C=O) groups is 2. The fourth-order valence-electron chi connectivity index (χ4n) is 2.01. The number of hydrogen-bond acceptors (Lipinski definition) is 5. The van der Waals surface area contributed by atoms with Gasteiger partial charge in [-0.3, -0.25) is 4.79 Å². The van der Waals surface area contributed by atoms with Gasteiger partial charge in [0.15, 0.2) is 5.92 Å². The van der Waals surface area contributed by atoms with Crippen LogP contribution in [0.4, 0.5) is 26.3 Å². The molecule has 1 aromatic rings. The number of esters is 1. The summed E-state index contributed by atoms with van der Waals surface area (Å²) in [5.41, 5.74) is 0.476. The number of hydroxylamine groups is 1. The number of carbonyl (C=O) groups excluding carboxylic acids is 2. The van der Waals surface area contributed by atoms with Gasteiger partial charge in [-0.2, -0.15) is 26.3 Å². The largest absolute Gasteiger partial charge is 0.459 e. The second-order valence-corrected chi connectivity index (χ2v) is 6.83. The molecule has 0 heterocycles. The van der Waals surface area contributed by atoms with E-state index in [-0.39, 0.29) is 5.56 Å². The summed E-state index contributed by atoms with van der Waals surface area (Å²) in [6.45, 7) is 4.13. The number of alkyl halides is 6. The molecule has 1 N–H and O–H groups in total. The van der Waals surface area contributed by atoms with Gasteiger partial charge in [-0.05, 0) is 39.3 Å². The zero-order valence-electron chi connectivity index (χ0n) is 15.1. The average molecular weight is 415 g/mol. The van der Waals surface area contributed by atoms with E-state index in [0.29, 0.717) is 0 Å². The number of hydrogen-bond donors (Lipinski definition) is 1. The molecule has 0 aliphatic heterocycles. The van der Waals surface area contributed by atoms with Crippen LogP contribution in [0.3, 0.4) is 0 Å². The summed E-state index contributed by atoms with van der Waals surface area (Å²) in [6.07, 6.45) is -13.1. The van der Waals surface area contributed by atoms with Crippen molar-refractivity contribution in [2.24, 2.45) is 5.92 Å². The predicted molar refractivity (Wildman–Crippen MR) is 84.8 cm³/mol. The highest BCUT2D eigenvalue weighted by atomic mass is 19.4. The molecule has 158 valence electrons. The number of nitrogens with one attached hydrogen (secondary N) is 1. The fourth-order valence-corrected chi connectivity index (χ4v) is 2.01. The first-order chi connectivity index (χ1) is 12.6. The second-order valence-electron chi connectivity index (χ2n) is 6.83. The van der Waals surface area contributed by atoms with E-state index >= 15 is 0 Å². The minimum absolute atomic E-state index is 0.0267. The Morgan fingerprint density at radius 3 is 1.89 bits per heavy atom. The molecular formula is C17H19F6NO4. The Morgan fingerprint density at radius 2 is 1.46 bits per heavy atom. The summed E-state index contributed by atoms with van der Waals surface area (Å²) >= 11 is 0. The van der Waals surface area contributed by atoms with Crippen molar-refractivity contribution >= 4 is 11.9 Å². The highest BCUT2D eigenvalue weighted by Crippen LogP contribution is 2.42. The third-order valence-corrected chi connectivity index (χ3v) is 3.26. The molecule has 0 aromatic heterocycles. The summed E-state index contributed by atoms with van der Waals surface area (Å²) in [7, 11) is 0. The van der Waals surface area contributed by atoms with Gasteiger partial charge in [-0.25, -0.2) is 4.79 Å². The van der Waals surface area contributed by atoms with Gasteiger partial charge >= 0.3 is 24.3 Å². The molecule has 0 radical (unpaired) electrons. The van der Waals surface area contributed by atoms with Crippen molar-refractivity contribution in [2.75, 3.05) is 0 Å². The minimum Gasteiger partial charge on any atom is -0.459 e. The van der Waals surface area contributed by atoms with Crippen molar-refractivity contribution in [3.63, 3.8) is 0 Å². The predicted octanol–water partition coefficient (Wildman–Crippen LogP) is 4.19. The van der Waals surface area contributed by atoms with Crippen LogP contribution in [0.25, 0.3) is 0 Å². The summed E-state index contributed by atoms with van der Waals surface area (Å²) in [5.74, 6) is -6.34. The third kappa shape index (κ3) is 7.75. The van der Waals surface area contributed by atoms with Gasteiger partial charge in [-0.15, -0.1) is 5.48 Å². The van der Waals surface area contributed by atoms with E-state index in [1.54, 1.807) is 11.5 Å². The molecule has 0 amide bonds. The Labute approximate surface area is 156 Å². The van der Waals surface area contributed by atoms with Crippen molar-refractivity contribution in [3.8, 4) is 0 Å². The molecule has 0 saturated carbocycles. The van der Waals surface area contributed by atoms with Gasteiger partial charge in [0.25, 0.3) is 0 Å². The van der Waals surface area contributed by atoms with Crippen LogP contribution >= 0.6 is 0 Å². The molecule has 0 fully saturated rings. The lowest BCUT2D eigenvalue weighted by Gasteiger charge is -2.28. The molecular weight excluding hydrogens is 396 g/mol. The summed E-state index contributed by atoms with van der Waals surface area (Å²) in [6, 6.07) is 4.92. The zero-order chi connectivity index (χ0) is 21.8. The van der Waals surface area contributed by atoms with Crippen molar-refractivity contribution in [1.29, 1.82) is 0 Å². The first-order valence-electron chi connectivity index (χ1n) is 7.99. The molecule has 11 heteroatoms. The van der Waals surface area contributed by atoms with Crippen LogP contribution in [0, 0.1) is 5.92 Å². The van der Waals surface area contributed by atoms with E-state index in [4.69, 9.17) is 4.74 Å².